The van der Waals surface area contributed by atoms with Gasteiger partial charge in [0.25, 0.3) is 16.1 Å². The molecular formula is C23H30N4O4S. The van der Waals surface area contributed by atoms with E-state index in [1.54, 1.807) is 24.3 Å². The van der Waals surface area contributed by atoms with Crippen LogP contribution in [0.5, 0.6) is 0 Å². The number of anilines is 1. The van der Waals surface area contributed by atoms with Gasteiger partial charge in [0.1, 0.15) is 0 Å². The van der Waals surface area contributed by atoms with Crippen LogP contribution in [-0.2, 0) is 15.0 Å². The summed E-state index contributed by atoms with van der Waals surface area (Å²) in [5, 5.41) is 5.84. The van der Waals surface area contributed by atoms with Crippen LogP contribution < -0.4 is 10.6 Å². The summed E-state index contributed by atoms with van der Waals surface area (Å²) in [6, 6.07) is 16.4. The van der Waals surface area contributed by atoms with E-state index in [2.05, 4.69) is 10.6 Å². The van der Waals surface area contributed by atoms with Crippen LogP contribution >= 0.6 is 0 Å². The molecule has 0 saturated carbocycles. The highest BCUT2D eigenvalue weighted by Crippen LogP contribution is 2.24. The molecule has 32 heavy (non-hydrogen) atoms. The number of nitrogens with one attached hydrogen (secondary N) is 2. The van der Waals surface area contributed by atoms with Crippen molar-refractivity contribution in [3.63, 3.8) is 0 Å². The van der Waals surface area contributed by atoms with Crippen LogP contribution in [0.2, 0.25) is 0 Å². The van der Waals surface area contributed by atoms with Crippen LogP contribution in [0.25, 0.3) is 0 Å². The Morgan fingerprint density at radius 3 is 2.22 bits per heavy atom. The lowest BCUT2D eigenvalue weighted by molar-refractivity contribution is -0.120. The van der Waals surface area contributed by atoms with E-state index < -0.39 is 10.2 Å². The van der Waals surface area contributed by atoms with Crippen LogP contribution in [0.15, 0.2) is 54.6 Å². The van der Waals surface area contributed by atoms with Gasteiger partial charge in [0, 0.05) is 33.1 Å². The number of carbonyl (C=O) groups is 2. The molecule has 1 heterocycles. The SMILES string of the molecule is CC(NC(=O)c1ccccc1NC(=O)C1CCN(S(=O)(=O)N(C)C)CC1)c1ccccc1. The summed E-state index contributed by atoms with van der Waals surface area (Å²) in [5.74, 6) is -0.796. The smallest absolute Gasteiger partial charge is 0.281 e. The van der Waals surface area contributed by atoms with E-state index >= 15 is 0 Å². The van der Waals surface area contributed by atoms with E-state index in [1.807, 2.05) is 37.3 Å². The maximum absolute atomic E-state index is 12.9. The maximum Gasteiger partial charge on any atom is 0.281 e. The summed E-state index contributed by atoms with van der Waals surface area (Å²) < 4.78 is 27.1. The van der Waals surface area contributed by atoms with Crippen molar-refractivity contribution in [2.45, 2.75) is 25.8 Å². The Bertz CT molecular complexity index is 1050. The normalized spacial score (nSPS) is 16.5. The van der Waals surface area contributed by atoms with E-state index in [0.29, 0.717) is 24.1 Å². The lowest BCUT2D eigenvalue weighted by Gasteiger charge is -2.32. The maximum atomic E-state index is 12.9. The fraction of sp³-hybridized carbons (Fsp3) is 0.391. The van der Waals surface area contributed by atoms with Crippen molar-refractivity contribution in [2.24, 2.45) is 5.92 Å². The Balaban J connectivity index is 1.64. The molecule has 0 aromatic heterocycles. The highest BCUT2D eigenvalue weighted by molar-refractivity contribution is 7.86. The number of rotatable bonds is 7. The van der Waals surface area contributed by atoms with Crippen molar-refractivity contribution in [3.05, 3.63) is 65.7 Å². The Hall–Kier alpha value is -2.75. The molecule has 3 rings (SSSR count). The minimum atomic E-state index is -3.48. The van der Waals surface area contributed by atoms with Crippen molar-refractivity contribution in [1.29, 1.82) is 0 Å². The van der Waals surface area contributed by atoms with Gasteiger partial charge in [-0.1, -0.05) is 42.5 Å². The molecule has 0 bridgehead atoms. The number of para-hydroxylation sites is 1. The van der Waals surface area contributed by atoms with Crippen LogP contribution in [0, 0.1) is 5.92 Å². The van der Waals surface area contributed by atoms with E-state index in [1.165, 1.54) is 22.7 Å². The number of hydrogen-bond donors (Lipinski definition) is 2. The average Bonchev–Trinajstić information content (AvgIpc) is 2.79. The molecule has 8 nitrogen and oxygen atoms in total. The molecule has 1 saturated heterocycles. The van der Waals surface area contributed by atoms with Gasteiger partial charge >= 0.3 is 0 Å². The molecule has 2 N–H and O–H groups in total. The molecule has 2 aromatic carbocycles. The van der Waals surface area contributed by atoms with Gasteiger partial charge in [0.05, 0.1) is 17.3 Å². The summed E-state index contributed by atoms with van der Waals surface area (Å²) >= 11 is 0. The summed E-state index contributed by atoms with van der Waals surface area (Å²) in [7, 11) is -0.489. The van der Waals surface area contributed by atoms with Crippen LogP contribution in [-0.4, -0.2) is 56.0 Å². The number of piperidine rings is 1. The second kappa shape index (κ2) is 10.2. The minimum absolute atomic E-state index is 0.185. The molecule has 9 heteroatoms. The average molecular weight is 459 g/mol. The van der Waals surface area contributed by atoms with Gasteiger partial charge in [0.2, 0.25) is 5.91 Å². The lowest BCUT2D eigenvalue weighted by atomic mass is 9.97. The van der Waals surface area contributed by atoms with Gasteiger partial charge in [-0.15, -0.1) is 0 Å². The van der Waals surface area contributed by atoms with Gasteiger partial charge < -0.3 is 10.6 Å². The van der Waals surface area contributed by atoms with Crippen LogP contribution in [0.1, 0.15) is 41.7 Å². The molecule has 0 spiro atoms. The first-order chi connectivity index (χ1) is 15.2. The van der Waals surface area contributed by atoms with Crippen LogP contribution in [0.4, 0.5) is 5.69 Å². The van der Waals surface area contributed by atoms with E-state index in [4.69, 9.17) is 0 Å². The molecular weight excluding hydrogens is 428 g/mol. The zero-order valence-corrected chi connectivity index (χ0v) is 19.4. The summed E-state index contributed by atoms with van der Waals surface area (Å²) in [5.41, 5.74) is 1.82. The quantitative estimate of drug-likeness (QED) is 0.666. The molecule has 0 aliphatic carbocycles. The third kappa shape index (κ3) is 5.53. The second-order valence-corrected chi connectivity index (χ2v) is 10.2. The Morgan fingerprint density at radius 2 is 1.59 bits per heavy atom. The zero-order valence-electron chi connectivity index (χ0n) is 18.6. The van der Waals surface area contributed by atoms with Gasteiger partial charge in [-0.3, -0.25) is 9.59 Å². The van der Waals surface area contributed by atoms with Crippen molar-refractivity contribution >= 4 is 27.7 Å². The third-order valence-corrected chi connectivity index (χ3v) is 7.63. The molecule has 1 aliphatic rings. The van der Waals surface area contributed by atoms with Gasteiger partial charge in [-0.2, -0.15) is 17.0 Å². The Labute approximate surface area is 189 Å². The molecule has 1 aliphatic heterocycles. The Kier molecular flexibility index (Phi) is 7.65. The topological polar surface area (TPSA) is 98.8 Å². The number of hydrogen-bond acceptors (Lipinski definition) is 4. The minimum Gasteiger partial charge on any atom is -0.345 e. The van der Waals surface area contributed by atoms with E-state index in [0.717, 1.165) is 5.56 Å². The number of amides is 2. The zero-order chi connectivity index (χ0) is 23.3. The summed E-state index contributed by atoms with van der Waals surface area (Å²) in [6.07, 6.45) is 0.858. The summed E-state index contributed by atoms with van der Waals surface area (Å²) in [4.78, 5) is 25.7. The molecule has 2 aromatic rings. The molecule has 0 radical (unpaired) electrons. The molecule has 2 amide bonds. The fourth-order valence-electron chi connectivity index (χ4n) is 3.70. The number of benzene rings is 2. The third-order valence-electron chi connectivity index (χ3n) is 5.69. The number of nitrogens with zero attached hydrogens (tertiary/aromatic N) is 2. The summed E-state index contributed by atoms with van der Waals surface area (Å²) in [6.45, 7) is 2.48. The van der Waals surface area contributed by atoms with Crippen molar-refractivity contribution < 1.29 is 18.0 Å². The Morgan fingerprint density at radius 1 is 1.00 bits per heavy atom. The van der Waals surface area contributed by atoms with Crippen molar-refractivity contribution in [2.75, 3.05) is 32.5 Å². The fourth-order valence-corrected chi connectivity index (χ4v) is 4.84. The molecule has 172 valence electrons. The predicted octanol–water partition coefficient (Wildman–Crippen LogP) is 2.63. The van der Waals surface area contributed by atoms with Gasteiger partial charge in [0.15, 0.2) is 0 Å². The van der Waals surface area contributed by atoms with Crippen molar-refractivity contribution in [3.8, 4) is 0 Å². The van der Waals surface area contributed by atoms with Gasteiger partial charge in [-0.25, -0.2) is 0 Å². The molecule has 1 unspecified atom stereocenters. The largest absolute Gasteiger partial charge is 0.345 e. The van der Waals surface area contributed by atoms with Gasteiger partial charge in [-0.05, 0) is 37.5 Å². The standard InChI is InChI=1S/C23H30N4O4S/c1-17(18-9-5-4-6-10-18)24-23(29)20-11-7-8-12-21(20)25-22(28)19-13-15-27(16-14-19)32(30,31)26(2)3/h4-12,17,19H,13-16H2,1-3H3,(H,24,29)(H,25,28). The number of carbonyl (C=O) groups excluding carboxylic acids is 2. The highest BCUT2D eigenvalue weighted by atomic mass is 32.2. The van der Waals surface area contributed by atoms with E-state index in [9.17, 15) is 18.0 Å². The van der Waals surface area contributed by atoms with Crippen molar-refractivity contribution in [1.82, 2.24) is 13.9 Å². The first kappa shape index (κ1) is 23.9. The molecule has 1 atom stereocenters. The second-order valence-electron chi connectivity index (χ2n) is 8.10. The lowest BCUT2D eigenvalue weighted by Crippen LogP contribution is -2.46. The predicted molar refractivity (Wildman–Crippen MR) is 124 cm³/mol. The first-order valence-corrected chi connectivity index (χ1v) is 12.0. The first-order valence-electron chi connectivity index (χ1n) is 10.6. The monoisotopic (exact) mass is 458 g/mol. The van der Waals surface area contributed by atoms with Crippen LogP contribution in [0.3, 0.4) is 0 Å². The molecule has 1 fully saturated rings. The van der Waals surface area contributed by atoms with E-state index in [-0.39, 0.29) is 36.9 Å². The highest BCUT2D eigenvalue weighted by Gasteiger charge is 2.32.